The number of rotatable bonds is 4. The molecule has 1 aromatic rings. The Balaban J connectivity index is 2.25. The highest BCUT2D eigenvalue weighted by Gasteiger charge is 2.23. The van der Waals surface area contributed by atoms with Crippen molar-refractivity contribution in [1.29, 1.82) is 5.26 Å². The van der Waals surface area contributed by atoms with Crippen molar-refractivity contribution in [2.45, 2.75) is 26.2 Å². The topological polar surface area (TPSA) is 27.0 Å². The average molecular weight is 250 g/mol. The van der Waals surface area contributed by atoms with E-state index in [2.05, 4.69) is 0 Å². The third-order valence-corrected chi connectivity index (χ3v) is 3.61. The van der Waals surface area contributed by atoms with Crippen molar-refractivity contribution in [1.82, 2.24) is 0 Å². The summed E-state index contributed by atoms with van der Waals surface area (Å²) in [5.74, 6) is -1.36. The molecule has 0 aliphatic heterocycles. The highest BCUT2D eigenvalue weighted by Crippen LogP contribution is 2.30. The second-order valence-electron chi connectivity index (χ2n) is 4.71. The first-order valence-electron chi connectivity index (χ1n) is 6.30. The quantitative estimate of drug-likeness (QED) is 0.818. The Hall–Kier alpha value is -1.63. The smallest absolute Gasteiger partial charge is 0.183 e. The minimum atomic E-state index is -1.04. The minimum absolute atomic E-state index is 0.240. The summed E-state index contributed by atoms with van der Waals surface area (Å²) in [4.78, 5) is 1.85. The Labute approximate surface area is 106 Å². The van der Waals surface area contributed by atoms with Gasteiger partial charge in [-0.1, -0.05) is 6.42 Å². The van der Waals surface area contributed by atoms with Gasteiger partial charge in [-0.2, -0.15) is 5.26 Å². The van der Waals surface area contributed by atoms with E-state index in [9.17, 15) is 8.78 Å². The molecule has 18 heavy (non-hydrogen) atoms. The summed E-state index contributed by atoms with van der Waals surface area (Å²) in [6.45, 7) is 3.33. The first-order valence-corrected chi connectivity index (χ1v) is 6.30. The maximum Gasteiger partial charge on any atom is 0.183 e. The molecular weight excluding hydrogens is 234 g/mol. The van der Waals surface area contributed by atoms with Crippen LogP contribution in [0.3, 0.4) is 0 Å². The molecule has 0 heterocycles. The van der Waals surface area contributed by atoms with Crippen LogP contribution in [0.15, 0.2) is 12.1 Å². The molecule has 0 amide bonds. The Kier molecular flexibility index (Phi) is 3.81. The summed E-state index contributed by atoms with van der Waals surface area (Å²) in [5.41, 5.74) is 0.0249. The van der Waals surface area contributed by atoms with Gasteiger partial charge in [-0.3, -0.25) is 0 Å². The molecule has 1 aliphatic carbocycles. The Morgan fingerprint density at radius 3 is 2.56 bits per heavy atom. The summed E-state index contributed by atoms with van der Waals surface area (Å²) in [6, 6.07) is 4.49. The Morgan fingerprint density at radius 1 is 1.33 bits per heavy atom. The molecule has 0 bridgehead atoms. The highest BCUT2D eigenvalue weighted by molar-refractivity contribution is 5.52. The van der Waals surface area contributed by atoms with E-state index in [0.29, 0.717) is 12.5 Å². The zero-order valence-corrected chi connectivity index (χ0v) is 10.4. The lowest BCUT2D eigenvalue weighted by atomic mass is 9.85. The second-order valence-corrected chi connectivity index (χ2v) is 4.71. The van der Waals surface area contributed by atoms with E-state index < -0.39 is 11.6 Å². The molecule has 0 unspecified atom stereocenters. The number of nitriles is 1. The van der Waals surface area contributed by atoms with Crippen LogP contribution in [0.2, 0.25) is 0 Å². The van der Waals surface area contributed by atoms with E-state index in [4.69, 9.17) is 5.26 Å². The van der Waals surface area contributed by atoms with E-state index >= 15 is 0 Å². The number of hydrogen-bond donors (Lipinski definition) is 0. The Morgan fingerprint density at radius 2 is 2.06 bits per heavy atom. The van der Waals surface area contributed by atoms with E-state index in [1.165, 1.54) is 18.6 Å². The van der Waals surface area contributed by atoms with Gasteiger partial charge in [0.1, 0.15) is 6.07 Å². The van der Waals surface area contributed by atoms with E-state index in [0.717, 1.165) is 19.4 Å². The van der Waals surface area contributed by atoms with Gasteiger partial charge >= 0.3 is 0 Å². The molecule has 96 valence electrons. The SMILES string of the molecule is CCN(CC1CCC1)c1ccc(C#N)c(F)c1F. The number of hydrogen-bond acceptors (Lipinski definition) is 2. The second kappa shape index (κ2) is 5.34. The molecule has 0 saturated heterocycles. The van der Waals surface area contributed by atoms with Crippen molar-refractivity contribution in [3.63, 3.8) is 0 Å². The van der Waals surface area contributed by atoms with Crippen LogP contribution in [-0.4, -0.2) is 13.1 Å². The molecule has 2 nitrogen and oxygen atoms in total. The zero-order chi connectivity index (χ0) is 13.1. The number of anilines is 1. The summed E-state index contributed by atoms with van der Waals surface area (Å²) in [5, 5.41) is 8.65. The molecule has 0 spiro atoms. The molecule has 2 rings (SSSR count). The predicted octanol–water partition coefficient (Wildman–Crippen LogP) is 3.46. The van der Waals surface area contributed by atoms with Crippen molar-refractivity contribution in [3.05, 3.63) is 29.3 Å². The predicted molar refractivity (Wildman–Crippen MR) is 66.3 cm³/mol. The maximum absolute atomic E-state index is 13.9. The largest absolute Gasteiger partial charge is 0.369 e. The zero-order valence-electron chi connectivity index (χ0n) is 10.4. The fraction of sp³-hybridized carbons (Fsp3) is 0.500. The van der Waals surface area contributed by atoms with Crippen molar-refractivity contribution in [2.24, 2.45) is 5.92 Å². The van der Waals surface area contributed by atoms with Crippen LogP contribution in [0, 0.1) is 28.9 Å². The third-order valence-electron chi connectivity index (χ3n) is 3.61. The molecule has 1 aliphatic rings. The molecule has 1 fully saturated rings. The van der Waals surface area contributed by atoms with E-state index in [-0.39, 0.29) is 11.3 Å². The fourth-order valence-electron chi connectivity index (χ4n) is 2.25. The summed E-state index contributed by atoms with van der Waals surface area (Å²) < 4.78 is 27.5. The fourth-order valence-corrected chi connectivity index (χ4v) is 2.25. The lowest BCUT2D eigenvalue weighted by Gasteiger charge is -2.33. The van der Waals surface area contributed by atoms with Crippen LogP contribution < -0.4 is 4.90 Å². The first-order chi connectivity index (χ1) is 8.67. The normalized spacial score (nSPS) is 15.0. The van der Waals surface area contributed by atoms with Crippen LogP contribution >= 0.6 is 0 Å². The van der Waals surface area contributed by atoms with Crippen molar-refractivity contribution >= 4 is 5.69 Å². The summed E-state index contributed by atoms with van der Waals surface area (Å²) in [6.07, 6.45) is 3.56. The molecule has 0 aromatic heterocycles. The lowest BCUT2D eigenvalue weighted by Crippen LogP contribution is -2.33. The van der Waals surface area contributed by atoms with E-state index in [1.807, 2.05) is 11.8 Å². The molecule has 0 N–H and O–H groups in total. The van der Waals surface area contributed by atoms with Crippen molar-refractivity contribution in [3.8, 4) is 6.07 Å². The van der Waals surface area contributed by atoms with Gasteiger partial charge in [-0.25, -0.2) is 8.78 Å². The third kappa shape index (κ3) is 2.31. The van der Waals surface area contributed by atoms with Gasteiger partial charge in [0.15, 0.2) is 11.6 Å². The molecular formula is C14H16F2N2. The van der Waals surface area contributed by atoms with Gasteiger partial charge in [-0.15, -0.1) is 0 Å². The van der Waals surface area contributed by atoms with Crippen molar-refractivity contribution in [2.75, 3.05) is 18.0 Å². The molecule has 1 saturated carbocycles. The Bertz CT molecular complexity index is 475. The molecule has 4 heteroatoms. The minimum Gasteiger partial charge on any atom is -0.369 e. The van der Waals surface area contributed by atoms with Crippen LogP contribution in [-0.2, 0) is 0 Å². The van der Waals surface area contributed by atoms with Gasteiger partial charge in [0.2, 0.25) is 0 Å². The summed E-state index contributed by atoms with van der Waals surface area (Å²) >= 11 is 0. The van der Waals surface area contributed by atoms with Gasteiger partial charge in [0, 0.05) is 13.1 Å². The first kappa shape index (κ1) is 12.8. The van der Waals surface area contributed by atoms with Crippen LogP contribution in [0.1, 0.15) is 31.7 Å². The maximum atomic E-state index is 13.9. The van der Waals surface area contributed by atoms with Gasteiger partial charge in [0.05, 0.1) is 11.3 Å². The van der Waals surface area contributed by atoms with Crippen molar-refractivity contribution < 1.29 is 8.78 Å². The average Bonchev–Trinajstić information content (AvgIpc) is 2.33. The van der Waals surface area contributed by atoms with E-state index in [1.54, 1.807) is 6.07 Å². The number of halogens is 2. The van der Waals surface area contributed by atoms with Crippen LogP contribution in [0.25, 0.3) is 0 Å². The molecule has 0 atom stereocenters. The van der Waals surface area contributed by atoms with Gasteiger partial charge < -0.3 is 4.90 Å². The lowest BCUT2D eigenvalue weighted by molar-refractivity contribution is 0.317. The van der Waals surface area contributed by atoms with Gasteiger partial charge in [-0.05, 0) is 37.8 Å². The number of nitrogens with zero attached hydrogens (tertiary/aromatic N) is 2. The summed E-state index contributed by atoms with van der Waals surface area (Å²) in [7, 11) is 0. The number of benzene rings is 1. The van der Waals surface area contributed by atoms with Crippen LogP contribution in [0.4, 0.5) is 14.5 Å². The molecule has 0 radical (unpaired) electrons. The molecule has 1 aromatic carbocycles. The monoisotopic (exact) mass is 250 g/mol. The highest BCUT2D eigenvalue weighted by atomic mass is 19.2. The standard InChI is InChI=1S/C14H16F2N2/c1-2-18(9-10-4-3-5-10)12-7-6-11(8-17)13(15)14(12)16/h6-7,10H,2-5,9H2,1H3. The van der Waals surface area contributed by atoms with Crippen LogP contribution in [0.5, 0.6) is 0 Å². The van der Waals surface area contributed by atoms with Gasteiger partial charge in [0.25, 0.3) is 0 Å².